The van der Waals surface area contributed by atoms with Gasteiger partial charge in [-0.05, 0) is 52.4 Å². The fourth-order valence-corrected chi connectivity index (χ4v) is 6.34. The maximum absolute atomic E-state index is 8.00. The fourth-order valence-electron chi connectivity index (χ4n) is 6.34. The van der Waals surface area contributed by atoms with Crippen LogP contribution in [0.4, 0.5) is 5.69 Å². The van der Waals surface area contributed by atoms with Gasteiger partial charge in [0.2, 0.25) is 5.69 Å². The van der Waals surface area contributed by atoms with Crippen LogP contribution in [0.25, 0.3) is 60.3 Å². The average Bonchev–Trinajstić information content (AvgIpc) is 3.41. The van der Waals surface area contributed by atoms with Gasteiger partial charge in [-0.15, -0.1) is 0 Å². The van der Waals surface area contributed by atoms with Gasteiger partial charge in [-0.25, -0.2) is 9.41 Å². The number of hydrogen-bond donors (Lipinski definition) is 0. The molecule has 2 heterocycles. The number of furan rings is 1. The third-order valence-corrected chi connectivity index (χ3v) is 8.30. The van der Waals surface area contributed by atoms with Gasteiger partial charge in [0, 0.05) is 33.9 Å². The van der Waals surface area contributed by atoms with E-state index in [-0.39, 0.29) is 5.41 Å². The molecule has 3 nitrogen and oxygen atoms in total. The molecule has 1 aliphatic rings. The minimum atomic E-state index is -0.0594. The van der Waals surface area contributed by atoms with Crippen molar-refractivity contribution in [3.8, 4) is 33.5 Å². The molecule has 0 aliphatic heterocycles. The summed E-state index contributed by atoms with van der Waals surface area (Å²) in [7, 11) is 2.06. The number of hydrogen-bond acceptors (Lipinski definition) is 1. The summed E-state index contributed by atoms with van der Waals surface area (Å²) < 4.78 is 8.90. The van der Waals surface area contributed by atoms with E-state index < -0.39 is 0 Å². The second-order valence-corrected chi connectivity index (χ2v) is 10.8. The molecule has 0 N–H and O–H groups in total. The van der Waals surface area contributed by atoms with E-state index >= 15 is 0 Å². The summed E-state index contributed by atoms with van der Waals surface area (Å²) in [4.78, 5) is 3.93. The number of aromatic nitrogens is 1. The third kappa shape index (κ3) is 2.98. The van der Waals surface area contributed by atoms with E-state index in [4.69, 9.17) is 11.0 Å². The van der Waals surface area contributed by atoms with Crippen LogP contribution in [0.2, 0.25) is 0 Å². The smallest absolute Gasteiger partial charge is 0.216 e. The number of pyridine rings is 1. The van der Waals surface area contributed by atoms with E-state index in [1.165, 1.54) is 22.3 Å². The summed E-state index contributed by atoms with van der Waals surface area (Å²) in [5, 5.41) is 2.10. The van der Waals surface area contributed by atoms with Crippen LogP contribution in [0.1, 0.15) is 30.5 Å². The zero-order valence-electron chi connectivity index (χ0n) is 22.0. The van der Waals surface area contributed by atoms with Crippen LogP contribution in [0.3, 0.4) is 0 Å². The highest BCUT2D eigenvalue weighted by atomic mass is 16.3. The zero-order valence-corrected chi connectivity index (χ0v) is 22.0. The highest BCUT2D eigenvalue weighted by Gasteiger charge is 2.35. The van der Waals surface area contributed by atoms with E-state index in [9.17, 15) is 0 Å². The quantitative estimate of drug-likeness (QED) is 0.175. The Kier molecular flexibility index (Phi) is 4.68. The van der Waals surface area contributed by atoms with Crippen LogP contribution in [0.5, 0.6) is 0 Å². The lowest BCUT2D eigenvalue weighted by Gasteiger charge is -2.21. The SMILES string of the molecule is [C-]#[N+]c1ccc2c(oc3c(-c4cccc[n+]4C)c(C)ccc32)c1-c1ccc2c(c1)-c1ccccc1C2(C)C. The van der Waals surface area contributed by atoms with Crippen molar-refractivity contribution in [2.75, 3.05) is 0 Å². The van der Waals surface area contributed by atoms with Crippen LogP contribution in [-0.4, -0.2) is 0 Å². The Balaban J connectivity index is 1.54. The van der Waals surface area contributed by atoms with Crippen molar-refractivity contribution in [2.24, 2.45) is 7.05 Å². The summed E-state index contributed by atoms with van der Waals surface area (Å²) in [5.41, 5.74) is 12.5. The number of rotatable bonds is 2. The van der Waals surface area contributed by atoms with Crippen molar-refractivity contribution in [1.82, 2.24) is 0 Å². The summed E-state index contributed by atoms with van der Waals surface area (Å²) in [6.45, 7) is 14.7. The Labute approximate surface area is 222 Å². The molecule has 6 aromatic rings. The summed E-state index contributed by atoms with van der Waals surface area (Å²) in [6.07, 6.45) is 2.06. The van der Waals surface area contributed by atoms with Gasteiger partial charge >= 0.3 is 0 Å². The molecular formula is C35H27N2O+. The van der Waals surface area contributed by atoms with Crippen LogP contribution in [-0.2, 0) is 12.5 Å². The second kappa shape index (κ2) is 7.91. The van der Waals surface area contributed by atoms with E-state index in [1.54, 1.807) is 0 Å². The van der Waals surface area contributed by atoms with Gasteiger partial charge in [-0.1, -0.05) is 74.5 Å². The molecular weight excluding hydrogens is 464 g/mol. The normalized spacial score (nSPS) is 13.4. The van der Waals surface area contributed by atoms with Gasteiger partial charge in [0.15, 0.2) is 11.9 Å². The molecule has 0 fully saturated rings. The van der Waals surface area contributed by atoms with Crippen molar-refractivity contribution in [2.45, 2.75) is 26.2 Å². The molecule has 0 unspecified atom stereocenters. The Morgan fingerprint density at radius 1 is 0.763 bits per heavy atom. The lowest BCUT2D eigenvalue weighted by molar-refractivity contribution is -0.660. The molecule has 3 heteroatoms. The first-order valence-corrected chi connectivity index (χ1v) is 13.0. The molecule has 0 spiro atoms. The van der Waals surface area contributed by atoms with Gasteiger partial charge in [0.1, 0.15) is 18.2 Å². The van der Waals surface area contributed by atoms with Crippen LogP contribution >= 0.6 is 0 Å². The lowest BCUT2D eigenvalue weighted by atomic mass is 9.82. The maximum Gasteiger partial charge on any atom is 0.216 e. The first-order chi connectivity index (χ1) is 18.4. The summed E-state index contributed by atoms with van der Waals surface area (Å²) >= 11 is 0. The standard InChI is InChI=1S/C35H27N2O/c1-21-13-15-24-25-16-18-29(36-4)32(34(25)38-33(24)31(21)30-12-8-9-19-37(30)5)22-14-17-28-26(20-22)23-10-6-7-11-27(23)35(28,2)3/h6-20H,1-3,5H3/q+1. The largest absolute Gasteiger partial charge is 0.456 e. The third-order valence-electron chi connectivity index (χ3n) is 8.30. The van der Waals surface area contributed by atoms with Crippen molar-refractivity contribution >= 4 is 27.6 Å². The van der Waals surface area contributed by atoms with E-state index in [2.05, 4.69) is 110 Å². The van der Waals surface area contributed by atoms with Crippen molar-refractivity contribution in [3.05, 3.63) is 119 Å². The monoisotopic (exact) mass is 491 g/mol. The van der Waals surface area contributed by atoms with Gasteiger partial charge in [-0.2, -0.15) is 0 Å². The molecule has 7 rings (SSSR count). The van der Waals surface area contributed by atoms with E-state index in [0.29, 0.717) is 5.69 Å². The first kappa shape index (κ1) is 22.5. The highest BCUT2D eigenvalue weighted by molar-refractivity contribution is 6.15. The molecule has 0 saturated carbocycles. The molecule has 0 radical (unpaired) electrons. The molecule has 38 heavy (non-hydrogen) atoms. The predicted octanol–water partition coefficient (Wildman–Crippen LogP) is 8.91. The second-order valence-electron chi connectivity index (χ2n) is 10.8. The number of fused-ring (bicyclic) bond motifs is 6. The Bertz CT molecular complexity index is 1980. The van der Waals surface area contributed by atoms with E-state index in [0.717, 1.165) is 49.9 Å². The molecule has 0 amide bonds. The summed E-state index contributed by atoms with van der Waals surface area (Å²) in [5.74, 6) is 0. The Hall–Kier alpha value is -4.68. The molecule has 4 aromatic carbocycles. The molecule has 2 aromatic heterocycles. The van der Waals surface area contributed by atoms with Gasteiger partial charge < -0.3 is 4.42 Å². The zero-order chi connectivity index (χ0) is 26.2. The Morgan fingerprint density at radius 3 is 2.26 bits per heavy atom. The number of aryl methyl sites for hydroxylation is 2. The van der Waals surface area contributed by atoms with Gasteiger partial charge in [0.25, 0.3) is 0 Å². The average molecular weight is 492 g/mol. The molecule has 182 valence electrons. The van der Waals surface area contributed by atoms with Crippen LogP contribution in [0.15, 0.2) is 95.5 Å². The van der Waals surface area contributed by atoms with Crippen molar-refractivity contribution < 1.29 is 8.98 Å². The Morgan fingerprint density at radius 2 is 1.47 bits per heavy atom. The number of nitrogens with zero attached hydrogens (tertiary/aromatic N) is 2. The topological polar surface area (TPSA) is 21.4 Å². The fraction of sp³-hybridized carbons (Fsp3) is 0.143. The molecule has 0 atom stereocenters. The minimum absolute atomic E-state index is 0.0594. The molecule has 0 bridgehead atoms. The number of benzene rings is 4. The highest BCUT2D eigenvalue weighted by Crippen LogP contribution is 2.51. The maximum atomic E-state index is 8.00. The minimum Gasteiger partial charge on any atom is -0.456 e. The van der Waals surface area contributed by atoms with Crippen LogP contribution < -0.4 is 4.57 Å². The predicted molar refractivity (Wildman–Crippen MR) is 154 cm³/mol. The van der Waals surface area contributed by atoms with Crippen molar-refractivity contribution in [1.29, 1.82) is 0 Å². The molecule has 1 aliphatic carbocycles. The van der Waals surface area contributed by atoms with Crippen molar-refractivity contribution in [3.63, 3.8) is 0 Å². The lowest BCUT2D eigenvalue weighted by Crippen LogP contribution is -2.30. The molecule has 0 saturated heterocycles. The first-order valence-electron chi connectivity index (χ1n) is 13.0. The van der Waals surface area contributed by atoms with Crippen LogP contribution in [0, 0.1) is 13.5 Å². The van der Waals surface area contributed by atoms with Gasteiger partial charge in [-0.3, -0.25) is 0 Å². The van der Waals surface area contributed by atoms with Gasteiger partial charge in [0.05, 0.1) is 12.1 Å². The van der Waals surface area contributed by atoms with E-state index in [1.807, 2.05) is 18.2 Å². The summed E-state index contributed by atoms with van der Waals surface area (Å²) in [6, 6.07) is 29.8.